The minimum atomic E-state index is -0.232. The molecule has 6 N–H and O–H groups in total. The summed E-state index contributed by atoms with van der Waals surface area (Å²) in [5.74, 6) is 1.03. The molecule has 1 atom stereocenters. The zero-order valence-electron chi connectivity index (χ0n) is 27.1. The highest BCUT2D eigenvalue weighted by molar-refractivity contribution is 6.26. The fourth-order valence-corrected chi connectivity index (χ4v) is 6.89. The number of para-hydroxylation sites is 3. The molecule has 0 aliphatic heterocycles. The SMILES string of the molecule is NC(NCc1ccc(-n2c3ccccc3c3c2ccc2c4ccccc4n(-c4ccccc4)c23)[nH]1)c1ccccc1.NCc1ccccc1. The van der Waals surface area contributed by atoms with Gasteiger partial charge in [0.2, 0.25) is 0 Å². The number of hydrogen-bond donors (Lipinski definition) is 4. The highest BCUT2D eigenvalue weighted by Crippen LogP contribution is 2.41. The molecule has 9 rings (SSSR count). The molecule has 6 aromatic carbocycles. The molecule has 1 unspecified atom stereocenters. The highest BCUT2D eigenvalue weighted by atomic mass is 15.1. The second-order valence-electron chi connectivity index (χ2n) is 12.2. The first-order chi connectivity index (χ1) is 24.2. The highest BCUT2D eigenvalue weighted by Gasteiger charge is 2.21. The van der Waals surface area contributed by atoms with E-state index in [1.54, 1.807) is 0 Å². The Morgan fingerprint density at radius 3 is 1.86 bits per heavy atom. The lowest BCUT2D eigenvalue weighted by Gasteiger charge is -2.13. The van der Waals surface area contributed by atoms with Crippen molar-refractivity contribution < 1.29 is 0 Å². The van der Waals surface area contributed by atoms with Crippen LogP contribution in [0.2, 0.25) is 0 Å². The molecule has 240 valence electrons. The van der Waals surface area contributed by atoms with E-state index in [-0.39, 0.29) is 6.17 Å². The lowest BCUT2D eigenvalue weighted by Crippen LogP contribution is -2.28. The molecule has 6 nitrogen and oxygen atoms in total. The van der Waals surface area contributed by atoms with Gasteiger partial charge in [-0.25, -0.2) is 0 Å². The molecule has 0 bridgehead atoms. The molecular formula is C43H38N6. The van der Waals surface area contributed by atoms with Crippen LogP contribution in [-0.2, 0) is 13.1 Å². The normalized spacial score (nSPS) is 12.0. The van der Waals surface area contributed by atoms with Crippen LogP contribution in [-0.4, -0.2) is 14.1 Å². The molecule has 0 spiro atoms. The summed E-state index contributed by atoms with van der Waals surface area (Å²) in [6.45, 7) is 1.28. The average molecular weight is 639 g/mol. The van der Waals surface area contributed by atoms with Gasteiger partial charge in [0.15, 0.2) is 0 Å². The zero-order valence-corrected chi connectivity index (χ0v) is 27.1. The summed E-state index contributed by atoms with van der Waals surface area (Å²) in [6, 6.07) is 57.0. The van der Waals surface area contributed by atoms with Gasteiger partial charge in [-0.05, 0) is 53.6 Å². The van der Waals surface area contributed by atoms with Gasteiger partial charge in [0.25, 0.3) is 0 Å². The molecular weight excluding hydrogens is 601 g/mol. The van der Waals surface area contributed by atoms with Crippen LogP contribution in [0.3, 0.4) is 0 Å². The topological polar surface area (TPSA) is 89.7 Å². The fourth-order valence-electron chi connectivity index (χ4n) is 6.89. The van der Waals surface area contributed by atoms with Crippen LogP contribution in [0.1, 0.15) is 23.0 Å². The van der Waals surface area contributed by atoms with Gasteiger partial charge in [-0.1, -0.05) is 121 Å². The summed E-state index contributed by atoms with van der Waals surface area (Å²) in [6.07, 6.45) is -0.232. The molecule has 0 saturated carbocycles. The summed E-state index contributed by atoms with van der Waals surface area (Å²) in [5.41, 5.74) is 21.0. The van der Waals surface area contributed by atoms with Crippen LogP contribution in [0.5, 0.6) is 0 Å². The number of benzene rings is 6. The second kappa shape index (κ2) is 13.3. The molecule has 3 heterocycles. The van der Waals surface area contributed by atoms with E-state index in [4.69, 9.17) is 11.5 Å². The maximum atomic E-state index is 6.41. The first kappa shape index (κ1) is 30.4. The van der Waals surface area contributed by atoms with Crippen LogP contribution < -0.4 is 16.8 Å². The van der Waals surface area contributed by atoms with Gasteiger partial charge in [0.1, 0.15) is 5.82 Å². The van der Waals surface area contributed by atoms with Crippen molar-refractivity contribution in [1.82, 2.24) is 19.4 Å². The van der Waals surface area contributed by atoms with E-state index in [0.29, 0.717) is 13.1 Å². The number of hydrogen-bond acceptors (Lipinski definition) is 3. The number of rotatable bonds is 7. The fraction of sp³-hybridized carbons (Fsp3) is 0.0698. The molecule has 0 aliphatic rings. The second-order valence-corrected chi connectivity index (χ2v) is 12.2. The number of nitrogens with zero attached hydrogens (tertiary/aromatic N) is 2. The number of H-pyrrole nitrogens is 1. The number of fused-ring (bicyclic) bond motifs is 7. The molecule has 49 heavy (non-hydrogen) atoms. The van der Waals surface area contributed by atoms with Gasteiger partial charge in [-0.15, -0.1) is 0 Å². The zero-order chi connectivity index (χ0) is 33.2. The third-order valence-electron chi connectivity index (χ3n) is 9.21. The van der Waals surface area contributed by atoms with Crippen molar-refractivity contribution in [3.05, 3.63) is 181 Å². The quantitative estimate of drug-likeness (QED) is 0.131. The summed E-state index contributed by atoms with van der Waals surface area (Å²) in [4.78, 5) is 3.67. The number of aromatic nitrogens is 3. The van der Waals surface area contributed by atoms with E-state index in [0.717, 1.165) is 22.8 Å². The van der Waals surface area contributed by atoms with E-state index >= 15 is 0 Å². The minimum Gasteiger partial charge on any atom is -0.344 e. The van der Waals surface area contributed by atoms with Crippen molar-refractivity contribution in [3.63, 3.8) is 0 Å². The summed E-state index contributed by atoms with van der Waals surface area (Å²) in [5, 5.41) is 8.44. The molecule has 0 amide bonds. The molecule has 0 radical (unpaired) electrons. The standard InChI is InChI=1S/C36H29N5.C7H9N/c37-36(24-11-3-1-4-12-24)38-23-25-19-22-33(39-25)41-31-18-10-8-16-29(31)34-32(41)21-20-28-27-15-7-9-17-30(27)40(35(28)34)26-13-5-2-6-14-26;8-6-7-4-2-1-3-5-7/h1-22,36,38-39H,23,37H2;1-5H,6,8H2. The van der Waals surface area contributed by atoms with Gasteiger partial charge < -0.3 is 21.0 Å². The number of nitrogens with two attached hydrogens (primary N) is 2. The largest absolute Gasteiger partial charge is 0.344 e. The van der Waals surface area contributed by atoms with Crippen LogP contribution >= 0.6 is 0 Å². The average Bonchev–Trinajstić information content (AvgIpc) is 3.87. The summed E-state index contributed by atoms with van der Waals surface area (Å²) >= 11 is 0. The predicted molar refractivity (Wildman–Crippen MR) is 204 cm³/mol. The first-order valence-corrected chi connectivity index (χ1v) is 16.7. The van der Waals surface area contributed by atoms with Crippen LogP contribution in [0.25, 0.3) is 55.1 Å². The van der Waals surface area contributed by atoms with Gasteiger partial charge >= 0.3 is 0 Å². The Labute approximate surface area is 285 Å². The van der Waals surface area contributed by atoms with E-state index in [2.05, 4.69) is 123 Å². The lowest BCUT2D eigenvalue weighted by atomic mass is 10.1. The third-order valence-corrected chi connectivity index (χ3v) is 9.21. The van der Waals surface area contributed by atoms with Crippen molar-refractivity contribution in [1.29, 1.82) is 0 Å². The van der Waals surface area contributed by atoms with E-state index in [9.17, 15) is 0 Å². The lowest BCUT2D eigenvalue weighted by molar-refractivity contribution is 0.547. The Bertz CT molecular complexity index is 2490. The van der Waals surface area contributed by atoms with Crippen LogP contribution in [0, 0.1) is 0 Å². The monoisotopic (exact) mass is 638 g/mol. The molecule has 0 saturated heterocycles. The Morgan fingerprint density at radius 2 is 1.16 bits per heavy atom. The van der Waals surface area contributed by atoms with Gasteiger partial charge in [-0.3, -0.25) is 9.88 Å². The van der Waals surface area contributed by atoms with E-state index < -0.39 is 0 Å². The summed E-state index contributed by atoms with van der Waals surface area (Å²) < 4.78 is 4.76. The number of nitrogens with one attached hydrogen (secondary N) is 2. The van der Waals surface area contributed by atoms with Gasteiger partial charge in [0, 0.05) is 46.0 Å². The summed E-state index contributed by atoms with van der Waals surface area (Å²) in [7, 11) is 0. The smallest absolute Gasteiger partial charge is 0.115 e. The van der Waals surface area contributed by atoms with Crippen molar-refractivity contribution in [2.75, 3.05) is 0 Å². The molecule has 3 aromatic heterocycles. The Hall–Kier alpha value is -5.92. The maximum absolute atomic E-state index is 6.41. The van der Waals surface area contributed by atoms with Crippen molar-refractivity contribution in [2.24, 2.45) is 11.5 Å². The Kier molecular flexibility index (Phi) is 8.25. The van der Waals surface area contributed by atoms with Crippen LogP contribution in [0.15, 0.2) is 164 Å². The van der Waals surface area contributed by atoms with Crippen molar-refractivity contribution >= 4 is 43.6 Å². The molecule has 6 heteroatoms. The molecule has 0 fully saturated rings. The predicted octanol–water partition coefficient (Wildman–Crippen LogP) is 9.10. The molecule has 9 aromatic rings. The number of aromatic amines is 1. The minimum absolute atomic E-state index is 0.232. The van der Waals surface area contributed by atoms with Gasteiger partial charge in [-0.2, -0.15) is 0 Å². The van der Waals surface area contributed by atoms with Gasteiger partial charge in [0.05, 0.1) is 28.2 Å². The van der Waals surface area contributed by atoms with E-state index in [1.807, 2.05) is 60.7 Å². The van der Waals surface area contributed by atoms with Crippen molar-refractivity contribution in [2.45, 2.75) is 19.3 Å². The molecule has 0 aliphatic carbocycles. The van der Waals surface area contributed by atoms with E-state index in [1.165, 1.54) is 49.2 Å². The van der Waals surface area contributed by atoms with Crippen LogP contribution in [0.4, 0.5) is 0 Å². The van der Waals surface area contributed by atoms with Crippen molar-refractivity contribution in [3.8, 4) is 11.5 Å². The maximum Gasteiger partial charge on any atom is 0.115 e. The Morgan fingerprint density at radius 1 is 0.551 bits per heavy atom. The Balaban J connectivity index is 0.000000385. The first-order valence-electron chi connectivity index (χ1n) is 16.7. The third kappa shape index (κ3) is 5.68.